The van der Waals surface area contributed by atoms with Crippen LogP contribution in [0.25, 0.3) is 16.9 Å². The van der Waals surface area contributed by atoms with E-state index in [9.17, 15) is 8.78 Å². The number of hydrogen-bond donors (Lipinski definition) is 1. The predicted molar refractivity (Wildman–Crippen MR) is 112 cm³/mol. The van der Waals surface area contributed by atoms with Crippen LogP contribution >= 0.6 is 0 Å². The maximum Gasteiger partial charge on any atom is 0.161 e. The van der Waals surface area contributed by atoms with E-state index in [0.717, 1.165) is 36.7 Å². The Kier molecular flexibility index (Phi) is 4.91. The first-order chi connectivity index (χ1) is 15.1. The van der Waals surface area contributed by atoms with Gasteiger partial charge >= 0.3 is 0 Å². The summed E-state index contributed by atoms with van der Waals surface area (Å²) in [5.41, 5.74) is 1.52. The lowest BCUT2D eigenvalue weighted by Gasteiger charge is -2.27. The molecule has 1 aliphatic heterocycles. The number of rotatable bonds is 4. The van der Waals surface area contributed by atoms with Crippen molar-refractivity contribution in [2.24, 2.45) is 0 Å². The zero-order chi connectivity index (χ0) is 21.4. The summed E-state index contributed by atoms with van der Waals surface area (Å²) in [7, 11) is 0. The SMILES string of the molecule is Cc1nc2cc(F)c(F)cc2n1-c1cncc(Nc2ccc(N3CCOCC3)nc2)n1. The highest BCUT2D eigenvalue weighted by atomic mass is 19.2. The number of fused-ring (bicyclic) bond motifs is 1. The summed E-state index contributed by atoms with van der Waals surface area (Å²) in [4.78, 5) is 19.8. The molecular weight excluding hydrogens is 404 g/mol. The summed E-state index contributed by atoms with van der Waals surface area (Å²) < 4.78 is 34.4. The van der Waals surface area contributed by atoms with E-state index in [2.05, 4.69) is 30.2 Å². The van der Waals surface area contributed by atoms with E-state index in [1.807, 2.05) is 12.1 Å². The van der Waals surface area contributed by atoms with Crippen LogP contribution in [0.15, 0.2) is 42.9 Å². The minimum Gasteiger partial charge on any atom is -0.378 e. The maximum absolute atomic E-state index is 13.8. The number of halogens is 2. The van der Waals surface area contributed by atoms with Crippen molar-refractivity contribution in [1.82, 2.24) is 24.5 Å². The number of anilines is 3. The Balaban J connectivity index is 1.42. The summed E-state index contributed by atoms with van der Waals surface area (Å²) >= 11 is 0. The highest BCUT2D eigenvalue weighted by Crippen LogP contribution is 2.24. The van der Waals surface area contributed by atoms with Gasteiger partial charge in [0.1, 0.15) is 11.6 Å². The number of morpholine rings is 1. The first-order valence-corrected chi connectivity index (χ1v) is 9.81. The Labute approximate surface area is 176 Å². The number of nitrogens with one attached hydrogen (secondary N) is 1. The van der Waals surface area contributed by atoms with Crippen LogP contribution in [0.3, 0.4) is 0 Å². The fourth-order valence-corrected chi connectivity index (χ4v) is 3.59. The second-order valence-electron chi connectivity index (χ2n) is 7.14. The second-order valence-corrected chi connectivity index (χ2v) is 7.14. The van der Waals surface area contributed by atoms with Crippen LogP contribution in [0.2, 0.25) is 0 Å². The van der Waals surface area contributed by atoms with Crippen molar-refractivity contribution in [2.75, 3.05) is 36.5 Å². The minimum atomic E-state index is -0.942. The predicted octanol–water partition coefficient (Wildman–Crippen LogP) is 3.38. The Morgan fingerprint density at radius 2 is 1.77 bits per heavy atom. The maximum atomic E-state index is 13.8. The molecule has 0 radical (unpaired) electrons. The van der Waals surface area contributed by atoms with Gasteiger partial charge in [0.25, 0.3) is 0 Å². The average Bonchev–Trinajstić information content (AvgIpc) is 3.10. The monoisotopic (exact) mass is 423 g/mol. The van der Waals surface area contributed by atoms with E-state index >= 15 is 0 Å². The van der Waals surface area contributed by atoms with E-state index in [0.29, 0.717) is 41.7 Å². The van der Waals surface area contributed by atoms with Crippen molar-refractivity contribution in [3.05, 3.63) is 60.3 Å². The number of hydrogen-bond acceptors (Lipinski definition) is 7. The molecule has 1 N–H and O–H groups in total. The van der Waals surface area contributed by atoms with Crippen LogP contribution in [0.5, 0.6) is 0 Å². The average molecular weight is 423 g/mol. The fourth-order valence-electron chi connectivity index (χ4n) is 3.59. The molecule has 31 heavy (non-hydrogen) atoms. The molecule has 0 unspecified atom stereocenters. The minimum absolute atomic E-state index is 0.347. The van der Waals surface area contributed by atoms with Crippen molar-refractivity contribution >= 4 is 28.4 Å². The molecule has 0 saturated carbocycles. The topological polar surface area (TPSA) is 81.0 Å². The van der Waals surface area contributed by atoms with Gasteiger partial charge in [-0.25, -0.2) is 23.7 Å². The van der Waals surface area contributed by atoms with Gasteiger partial charge in [0.05, 0.1) is 48.5 Å². The van der Waals surface area contributed by atoms with Gasteiger partial charge in [0.2, 0.25) is 0 Å². The number of benzene rings is 1. The van der Waals surface area contributed by atoms with Gasteiger partial charge in [0, 0.05) is 25.2 Å². The van der Waals surface area contributed by atoms with Crippen molar-refractivity contribution in [1.29, 1.82) is 0 Å². The molecular formula is C21H19F2N7O. The van der Waals surface area contributed by atoms with Gasteiger partial charge < -0.3 is 15.0 Å². The normalized spacial score (nSPS) is 14.2. The van der Waals surface area contributed by atoms with Gasteiger partial charge in [-0.15, -0.1) is 0 Å². The highest BCUT2D eigenvalue weighted by Gasteiger charge is 2.15. The van der Waals surface area contributed by atoms with Crippen molar-refractivity contribution in [3.8, 4) is 5.82 Å². The molecule has 0 bridgehead atoms. The third-order valence-electron chi connectivity index (χ3n) is 5.07. The molecule has 158 valence electrons. The lowest BCUT2D eigenvalue weighted by atomic mass is 10.3. The third-order valence-corrected chi connectivity index (χ3v) is 5.07. The number of aryl methyl sites for hydroxylation is 1. The lowest BCUT2D eigenvalue weighted by Crippen LogP contribution is -2.36. The Hall–Kier alpha value is -3.66. The van der Waals surface area contributed by atoms with Crippen molar-refractivity contribution in [2.45, 2.75) is 6.92 Å². The van der Waals surface area contributed by atoms with Gasteiger partial charge in [-0.2, -0.15) is 0 Å². The molecule has 4 heterocycles. The number of aromatic nitrogens is 5. The Morgan fingerprint density at radius 1 is 0.968 bits per heavy atom. The van der Waals surface area contributed by atoms with Crippen LogP contribution in [0.1, 0.15) is 5.82 Å². The van der Waals surface area contributed by atoms with Crippen LogP contribution in [0.4, 0.5) is 26.1 Å². The molecule has 1 saturated heterocycles. The van der Waals surface area contributed by atoms with E-state index in [4.69, 9.17) is 4.74 Å². The quantitative estimate of drug-likeness (QED) is 0.539. The lowest BCUT2D eigenvalue weighted by molar-refractivity contribution is 0.122. The highest BCUT2D eigenvalue weighted by molar-refractivity contribution is 5.78. The largest absolute Gasteiger partial charge is 0.378 e. The van der Waals surface area contributed by atoms with Gasteiger partial charge in [-0.05, 0) is 19.1 Å². The smallest absolute Gasteiger partial charge is 0.161 e. The standard InChI is InChI=1S/C21H19F2N7O/c1-13-26-17-8-15(22)16(23)9-18(17)30(13)21-12-24-11-19(28-21)27-14-2-3-20(25-10-14)29-4-6-31-7-5-29/h2-3,8-12H,4-7H2,1H3,(H,27,28). The molecule has 4 aromatic rings. The molecule has 0 aliphatic carbocycles. The summed E-state index contributed by atoms with van der Waals surface area (Å²) in [5.74, 6) is 0.483. The van der Waals surface area contributed by atoms with Gasteiger partial charge in [-0.1, -0.05) is 0 Å². The van der Waals surface area contributed by atoms with E-state index in [1.165, 1.54) is 0 Å². The number of ether oxygens (including phenoxy) is 1. The van der Waals surface area contributed by atoms with Crippen molar-refractivity contribution < 1.29 is 13.5 Å². The van der Waals surface area contributed by atoms with E-state index in [-0.39, 0.29) is 0 Å². The molecule has 0 atom stereocenters. The molecule has 1 aliphatic rings. The molecule has 1 aromatic carbocycles. The first kappa shape index (κ1) is 19.3. The Morgan fingerprint density at radius 3 is 2.55 bits per heavy atom. The van der Waals surface area contributed by atoms with Gasteiger partial charge in [-0.3, -0.25) is 9.55 Å². The molecule has 5 rings (SSSR count). The van der Waals surface area contributed by atoms with E-state index in [1.54, 1.807) is 30.1 Å². The molecule has 3 aromatic heterocycles. The van der Waals surface area contributed by atoms with Gasteiger partial charge in [0.15, 0.2) is 23.3 Å². The molecule has 1 fully saturated rings. The first-order valence-electron chi connectivity index (χ1n) is 9.81. The second kappa shape index (κ2) is 7.88. The number of imidazole rings is 1. The molecule has 10 heteroatoms. The van der Waals surface area contributed by atoms with Crippen LogP contribution in [0, 0.1) is 18.6 Å². The summed E-state index contributed by atoms with van der Waals surface area (Å²) in [6, 6.07) is 6.05. The van der Waals surface area contributed by atoms with E-state index < -0.39 is 11.6 Å². The van der Waals surface area contributed by atoms with Crippen LogP contribution in [-0.4, -0.2) is 50.8 Å². The summed E-state index contributed by atoms with van der Waals surface area (Å²) in [6.07, 6.45) is 4.85. The Bertz CT molecular complexity index is 1240. The van der Waals surface area contributed by atoms with Crippen LogP contribution in [-0.2, 0) is 4.74 Å². The summed E-state index contributed by atoms with van der Waals surface area (Å²) in [5, 5.41) is 3.18. The summed E-state index contributed by atoms with van der Waals surface area (Å²) in [6.45, 7) is 4.77. The molecule has 0 amide bonds. The molecule has 0 spiro atoms. The number of pyridine rings is 1. The third kappa shape index (κ3) is 3.77. The zero-order valence-corrected chi connectivity index (χ0v) is 16.7. The molecule has 8 nitrogen and oxygen atoms in total. The van der Waals surface area contributed by atoms with Crippen LogP contribution < -0.4 is 10.2 Å². The van der Waals surface area contributed by atoms with Crippen molar-refractivity contribution in [3.63, 3.8) is 0 Å². The number of nitrogens with zero attached hydrogens (tertiary/aromatic N) is 6. The fraction of sp³-hybridized carbons (Fsp3) is 0.238. The zero-order valence-electron chi connectivity index (χ0n) is 16.7.